The molecule has 9 rings (SSSR count). The SMILES string of the molecule is CC1(C)c2cc3ccccc3cc2-c2c(-c3cc(-c4ccc(-c5cc6ccccc6s5)cc4)nc(-c4ccccc4)n3)cccc21. The number of thiophene rings is 1. The van der Waals surface area contributed by atoms with Crippen molar-refractivity contribution < 1.29 is 0 Å². The Bertz CT molecular complexity index is 2400. The van der Waals surface area contributed by atoms with Gasteiger partial charge in [-0.3, -0.25) is 0 Å². The summed E-state index contributed by atoms with van der Waals surface area (Å²) in [5.74, 6) is 0.732. The molecule has 0 aliphatic heterocycles. The average molecular weight is 607 g/mol. The number of hydrogen-bond acceptors (Lipinski definition) is 3. The third-order valence-electron chi connectivity index (χ3n) is 9.49. The van der Waals surface area contributed by atoms with Crippen molar-refractivity contribution in [3.8, 4) is 55.5 Å². The number of aromatic nitrogens is 2. The zero-order valence-electron chi connectivity index (χ0n) is 25.7. The number of nitrogens with zero attached hydrogens (tertiary/aromatic N) is 2. The van der Waals surface area contributed by atoms with Gasteiger partial charge in [0.25, 0.3) is 0 Å². The van der Waals surface area contributed by atoms with Gasteiger partial charge < -0.3 is 0 Å². The second-order valence-electron chi connectivity index (χ2n) is 12.7. The molecule has 2 heterocycles. The Morgan fingerprint density at radius 3 is 1.93 bits per heavy atom. The molecule has 0 saturated carbocycles. The molecule has 2 nitrogen and oxygen atoms in total. The summed E-state index contributed by atoms with van der Waals surface area (Å²) in [6, 6.07) is 52.3. The first kappa shape index (κ1) is 27.0. The van der Waals surface area contributed by atoms with E-state index in [9.17, 15) is 0 Å². The van der Waals surface area contributed by atoms with Crippen LogP contribution < -0.4 is 0 Å². The zero-order chi connectivity index (χ0) is 30.8. The molecule has 6 aromatic carbocycles. The van der Waals surface area contributed by atoms with E-state index in [1.807, 2.05) is 17.4 Å². The highest BCUT2D eigenvalue weighted by atomic mass is 32.1. The molecule has 0 fully saturated rings. The van der Waals surface area contributed by atoms with E-state index in [0.29, 0.717) is 0 Å². The van der Waals surface area contributed by atoms with Crippen LogP contribution in [0.25, 0.3) is 76.3 Å². The predicted octanol–water partition coefficient (Wildman–Crippen LogP) is 11.8. The molecule has 1 aliphatic rings. The monoisotopic (exact) mass is 606 g/mol. The first-order valence-electron chi connectivity index (χ1n) is 15.7. The maximum Gasteiger partial charge on any atom is 0.160 e. The minimum absolute atomic E-state index is 0.120. The van der Waals surface area contributed by atoms with Crippen molar-refractivity contribution in [2.24, 2.45) is 0 Å². The Hall–Kier alpha value is -5.38. The van der Waals surface area contributed by atoms with Crippen LogP contribution in [0, 0.1) is 0 Å². The number of benzene rings is 6. The molecular weight excluding hydrogens is 577 g/mol. The van der Waals surface area contributed by atoms with E-state index in [4.69, 9.17) is 9.97 Å². The second-order valence-corrected chi connectivity index (χ2v) is 13.7. The summed E-state index contributed by atoms with van der Waals surface area (Å²) in [5, 5.41) is 3.82. The smallest absolute Gasteiger partial charge is 0.160 e. The predicted molar refractivity (Wildman–Crippen MR) is 194 cm³/mol. The molecular formula is C43H30N2S. The van der Waals surface area contributed by atoms with E-state index in [-0.39, 0.29) is 5.41 Å². The Kier molecular flexibility index (Phi) is 6.06. The molecule has 2 aromatic heterocycles. The first-order valence-corrected chi connectivity index (χ1v) is 16.6. The van der Waals surface area contributed by atoms with Crippen LogP contribution in [0.2, 0.25) is 0 Å². The molecule has 0 radical (unpaired) electrons. The molecule has 0 saturated heterocycles. The summed E-state index contributed by atoms with van der Waals surface area (Å²) >= 11 is 1.83. The van der Waals surface area contributed by atoms with Gasteiger partial charge in [-0.2, -0.15) is 0 Å². The second kappa shape index (κ2) is 10.3. The highest BCUT2D eigenvalue weighted by Gasteiger charge is 2.37. The van der Waals surface area contributed by atoms with Crippen molar-refractivity contribution in [3.05, 3.63) is 157 Å². The molecule has 0 bridgehead atoms. The van der Waals surface area contributed by atoms with Gasteiger partial charge >= 0.3 is 0 Å². The van der Waals surface area contributed by atoms with Crippen molar-refractivity contribution >= 4 is 32.2 Å². The van der Waals surface area contributed by atoms with Gasteiger partial charge in [-0.05, 0) is 74.3 Å². The van der Waals surface area contributed by atoms with Gasteiger partial charge in [0.2, 0.25) is 0 Å². The van der Waals surface area contributed by atoms with Crippen LogP contribution in [0.5, 0.6) is 0 Å². The van der Waals surface area contributed by atoms with E-state index in [1.54, 1.807) is 0 Å². The minimum atomic E-state index is -0.120. The molecule has 0 N–H and O–H groups in total. The normalized spacial score (nSPS) is 13.2. The zero-order valence-corrected chi connectivity index (χ0v) is 26.5. The summed E-state index contributed by atoms with van der Waals surface area (Å²) in [7, 11) is 0. The molecule has 0 atom stereocenters. The maximum atomic E-state index is 5.24. The molecule has 0 spiro atoms. The topological polar surface area (TPSA) is 25.8 Å². The highest BCUT2D eigenvalue weighted by molar-refractivity contribution is 7.22. The van der Waals surface area contributed by atoms with E-state index in [1.165, 1.54) is 53.6 Å². The van der Waals surface area contributed by atoms with Crippen molar-refractivity contribution in [1.82, 2.24) is 9.97 Å². The Labute approximate surface area is 272 Å². The van der Waals surface area contributed by atoms with Gasteiger partial charge in [0, 0.05) is 31.7 Å². The average Bonchev–Trinajstić information content (AvgIpc) is 3.64. The van der Waals surface area contributed by atoms with Gasteiger partial charge in [0.1, 0.15) is 0 Å². The Morgan fingerprint density at radius 2 is 1.15 bits per heavy atom. The molecule has 0 unspecified atom stereocenters. The summed E-state index contributed by atoms with van der Waals surface area (Å²) in [6.45, 7) is 4.68. The van der Waals surface area contributed by atoms with E-state index < -0.39 is 0 Å². The lowest BCUT2D eigenvalue weighted by molar-refractivity contribution is 0.661. The van der Waals surface area contributed by atoms with Crippen molar-refractivity contribution in [3.63, 3.8) is 0 Å². The van der Waals surface area contributed by atoms with Gasteiger partial charge in [-0.25, -0.2) is 9.97 Å². The summed E-state index contributed by atoms with van der Waals surface area (Å²) in [6.07, 6.45) is 0. The highest BCUT2D eigenvalue weighted by Crippen LogP contribution is 2.53. The molecule has 8 aromatic rings. The standard InChI is InChI=1S/C43H30N2S/c1-43(2)35-17-10-16-33(41(35)34-23-30-13-6-7-14-31(30)24-36(34)43)38-26-37(44-42(45-38)29-11-4-3-5-12-29)27-19-21-28(22-20-27)40-25-32-15-8-9-18-39(32)46-40/h3-26H,1-2H3. The van der Waals surface area contributed by atoms with Crippen LogP contribution in [0.15, 0.2) is 146 Å². The quantitative estimate of drug-likeness (QED) is 0.199. The van der Waals surface area contributed by atoms with Crippen LogP contribution in [0.3, 0.4) is 0 Å². The van der Waals surface area contributed by atoms with Gasteiger partial charge in [-0.15, -0.1) is 11.3 Å². The largest absolute Gasteiger partial charge is 0.228 e. The van der Waals surface area contributed by atoms with Crippen LogP contribution in [-0.4, -0.2) is 9.97 Å². The van der Waals surface area contributed by atoms with Crippen LogP contribution in [0.1, 0.15) is 25.0 Å². The lowest BCUT2D eigenvalue weighted by Gasteiger charge is -2.22. The molecule has 46 heavy (non-hydrogen) atoms. The molecule has 1 aliphatic carbocycles. The van der Waals surface area contributed by atoms with Crippen LogP contribution >= 0.6 is 11.3 Å². The van der Waals surface area contributed by atoms with Gasteiger partial charge in [-0.1, -0.05) is 129 Å². The van der Waals surface area contributed by atoms with Crippen LogP contribution in [-0.2, 0) is 5.41 Å². The number of hydrogen-bond donors (Lipinski definition) is 0. The third kappa shape index (κ3) is 4.31. The minimum Gasteiger partial charge on any atom is -0.228 e. The van der Waals surface area contributed by atoms with Gasteiger partial charge in [0.15, 0.2) is 5.82 Å². The number of fused-ring (bicyclic) bond motifs is 5. The lowest BCUT2D eigenvalue weighted by atomic mass is 9.81. The van der Waals surface area contributed by atoms with Gasteiger partial charge in [0.05, 0.1) is 11.4 Å². The number of rotatable bonds is 4. The molecule has 218 valence electrons. The fourth-order valence-corrected chi connectivity index (χ4v) is 8.13. The van der Waals surface area contributed by atoms with Crippen LogP contribution in [0.4, 0.5) is 0 Å². The summed E-state index contributed by atoms with van der Waals surface area (Å²) in [4.78, 5) is 11.6. The third-order valence-corrected chi connectivity index (χ3v) is 10.7. The lowest BCUT2D eigenvalue weighted by Crippen LogP contribution is -2.14. The fraction of sp³-hybridized carbons (Fsp3) is 0.0698. The Balaban J connectivity index is 1.22. The van der Waals surface area contributed by atoms with E-state index in [0.717, 1.165) is 33.9 Å². The fourth-order valence-electron chi connectivity index (χ4n) is 7.06. The molecule has 0 amide bonds. The van der Waals surface area contributed by atoms with Crippen molar-refractivity contribution in [2.75, 3.05) is 0 Å². The molecule has 3 heteroatoms. The summed E-state index contributed by atoms with van der Waals surface area (Å²) in [5.41, 5.74) is 11.4. The maximum absolute atomic E-state index is 5.24. The Morgan fingerprint density at radius 1 is 0.478 bits per heavy atom. The first-order chi connectivity index (χ1) is 22.5. The van der Waals surface area contributed by atoms with Crippen molar-refractivity contribution in [1.29, 1.82) is 0 Å². The van der Waals surface area contributed by atoms with E-state index >= 15 is 0 Å². The van der Waals surface area contributed by atoms with Crippen molar-refractivity contribution in [2.45, 2.75) is 19.3 Å². The van der Waals surface area contributed by atoms with E-state index in [2.05, 4.69) is 153 Å². The summed E-state index contributed by atoms with van der Waals surface area (Å²) < 4.78 is 1.31.